The highest BCUT2D eigenvalue weighted by atomic mass is 35.5. The van der Waals surface area contributed by atoms with Crippen LogP contribution in [0.5, 0.6) is 0 Å². The molecule has 2 unspecified atom stereocenters. The summed E-state index contributed by atoms with van der Waals surface area (Å²) in [6, 6.07) is 7.79. The van der Waals surface area contributed by atoms with Crippen molar-refractivity contribution in [3.05, 3.63) is 71.8 Å². The van der Waals surface area contributed by atoms with Gasteiger partial charge in [0.2, 0.25) is 11.8 Å². The molecule has 2 fully saturated rings. The molecule has 1 aliphatic carbocycles. The molecule has 0 N–H and O–H groups in total. The zero-order valence-electron chi connectivity index (χ0n) is 22.6. The lowest BCUT2D eigenvalue weighted by atomic mass is 9.83. The van der Waals surface area contributed by atoms with E-state index in [1.165, 1.54) is 5.54 Å². The van der Waals surface area contributed by atoms with Crippen molar-refractivity contribution in [2.75, 3.05) is 26.2 Å². The van der Waals surface area contributed by atoms with Gasteiger partial charge in [0.15, 0.2) is 0 Å². The van der Waals surface area contributed by atoms with E-state index in [4.69, 9.17) is 11.6 Å². The fraction of sp³-hybridized carbons (Fsp3) is 0.500. The molecule has 7 heteroatoms. The van der Waals surface area contributed by atoms with Gasteiger partial charge < -0.3 is 14.7 Å². The number of allylic oxidation sites excluding steroid dienone is 1. The van der Waals surface area contributed by atoms with Crippen molar-refractivity contribution in [1.82, 2.24) is 14.7 Å². The molecule has 6 nitrogen and oxygen atoms in total. The van der Waals surface area contributed by atoms with Gasteiger partial charge in [-0.3, -0.25) is 14.4 Å². The molecule has 1 aromatic carbocycles. The van der Waals surface area contributed by atoms with Crippen LogP contribution in [0.3, 0.4) is 0 Å². The van der Waals surface area contributed by atoms with Gasteiger partial charge in [-0.05, 0) is 48.9 Å². The Balaban J connectivity index is 0.000000733. The molecule has 4 rings (SSSR count). The number of amides is 3. The highest BCUT2D eigenvalue weighted by Gasteiger charge is 2.38. The summed E-state index contributed by atoms with van der Waals surface area (Å²) < 4.78 is 0. The lowest BCUT2D eigenvalue weighted by Gasteiger charge is -2.38. The van der Waals surface area contributed by atoms with Crippen molar-refractivity contribution in [3.8, 4) is 0 Å². The van der Waals surface area contributed by atoms with Crippen LogP contribution in [0.4, 0.5) is 0 Å². The Morgan fingerprint density at radius 2 is 1.68 bits per heavy atom. The molecule has 1 saturated carbocycles. The molecule has 1 saturated heterocycles. The number of hydrogen-bond acceptors (Lipinski definition) is 3. The van der Waals surface area contributed by atoms with Crippen LogP contribution in [-0.2, 0) is 16.1 Å². The molecular weight excluding hydrogens is 486 g/mol. The van der Waals surface area contributed by atoms with Crippen LogP contribution in [0.1, 0.15) is 68.8 Å². The summed E-state index contributed by atoms with van der Waals surface area (Å²) in [7, 11) is 0. The Labute approximate surface area is 227 Å². The fourth-order valence-corrected chi connectivity index (χ4v) is 5.02. The van der Waals surface area contributed by atoms with Crippen molar-refractivity contribution in [3.63, 3.8) is 0 Å². The average Bonchev–Trinajstić information content (AvgIpc) is 3.44. The van der Waals surface area contributed by atoms with E-state index < -0.39 is 0 Å². The van der Waals surface area contributed by atoms with Crippen molar-refractivity contribution >= 4 is 29.3 Å². The summed E-state index contributed by atoms with van der Waals surface area (Å²) >= 11 is 5.01. The van der Waals surface area contributed by atoms with Crippen LogP contribution in [-0.4, -0.2) is 64.6 Å². The quantitative estimate of drug-likeness (QED) is 0.455. The smallest absolute Gasteiger partial charge is 0.254 e. The molecular formula is C30H42ClN3O3. The van der Waals surface area contributed by atoms with E-state index in [9.17, 15) is 14.4 Å². The Morgan fingerprint density at radius 3 is 2.27 bits per heavy atom. The second-order valence-corrected chi connectivity index (χ2v) is 9.49. The molecule has 0 aromatic heterocycles. The van der Waals surface area contributed by atoms with Crippen LogP contribution in [0.25, 0.3) is 0 Å². The second kappa shape index (κ2) is 16.1. The van der Waals surface area contributed by atoms with Crippen LogP contribution in [0.2, 0.25) is 0 Å². The maximum absolute atomic E-state index is 13.2. The summed E-state index contributed by atoms with van der Waals surface area (Å²) in [4.78, 5) is 43.7. The second-order valence-electron chi connectivity index (χ2n) is 9.24. The standard InChI is InChI=1S/C25H31N3O3.C3H5Cl.C2H6/c1-2-7-23(29)27-17-21-8-3-4-9-22(21)28(24(30)18-27)16-19-10-12-20(13-11-19)25(31)26-14-5-6-15-26;1-2-3-4;1-2/h2,5-6,10-13,21-22H,1,3-4,7-9,14-18H2;2-3H,1H3;1-2H3/b;3-2+;. The van der Waals surface area contributed by atoms with Gasteiger partial charge in [-0.1, -0.05) is 74.7 Å². The monoisotopic (exact) mass is 527 g/mol. The summed E-state index contributed by atoms with van der Waals surface area (Å²) in [5.41, 5.74) is 3.16. The Kier molecular flexibility index (Phi) is 13.2. The van der Waals surface area contributed by atoms with Crippen molar-refractivity contribution in [2.45, 2.75) is 65.5 Å². The first kappa shape index (κ1) is 30.4. The van der Waals surface area contributed by atoms with Crippen molar-refractivity contribution in [1.29, 1.82) is 0 Å². The maximum Gasteiger partial charge on any atom is 0.254 e. The van der Waals surface area contributed by atoms with E-state index in [2.05, 4.69) is 6.58 Å². The Morgan fingerprint density at radius 1 is 1.05 bits per heavy atom. The molecule has 2 atom stereocenters. The topological polar surface area (TPSA) is 60.9 Å². The first-order valence-corrected chi connectivity index (χ1v) is 13.8. The predicted octanol–water partition coefficient (Wildman–Crippen LogP) is 5.79. The summed E-state index contributed by atoms with van der Waals surface area (Å²) in [5, 5.41) is 0. The largest absolute Gasteiger partial charge is 0.334 e. The van der Waals surface area contributed by atoms with E-state index in [-0.39, 0.29) is 36.7 Å². The molecule has 202 valence electrons. The number of halogens is 1. The third-order valence-electron chi connectivity index (χ3n) is 6.83. The summed E-state index contributed by atoms with van der Waals surface area (Å²) in [6.45, 7) is 12.2. The fourth-order valence-electron chi connectivity index (χ4n) is 5.02. The number of rotatable bonds is 5. The van der Waals surface area contributed by atoms with Gasteiger partial charge in [0.1, 0.15) is 0 Å². The van der Waals surface area contributed by atoms with Gasteiger partial charge in [-0.25, -0.2) is 0 Å². The zero-order chi connectivity index (χ0) is 27.2. The van der Waals surface area contributed by atoms with Gasteiger partial charge in [0.05, 0.1) is 6.54 Å². The van der Waals surface area contributed by atoms with Crippen molar-refractivity contribution in [2.24, 2.45) is 5.92 Å². The van der Waals surface area contributed by atoms with Crippen LogP contribution in [0.15, 0.2) is 60.7 Å². The van der Waals surface area contributed by atoms with Gasteiger partial charge >= 0.3 is 0 Å². The van der Waals surface area contributed by atoms with Gasteiger partial charge in [-0.2, -0.15) is 0 Å². The third-order valence-corrected chi connectivity index (χ3v) is 7.08. The molecule has 3 amide bonds. The van der Waals surface area contributed by atoms with Gasteiger partial charge in [0.25, 0.3) is 5.91 Å². The molecule has 2 heterocycles. The number of carbonyl (C=O) groups is 3. The normalized spacial score (nSPS) is 20.9. The number of benzene rings is 1. The first-order chi connectivity index (χ1) is 18.0. The number of carbonyl (C=O) groups excluding carboxylic acids is 3. The average molecular weight is 528 g/mol. The lowest BCUT2D eigenvalue weighted by molar-refractivity contribution is -0.139. The number of fused-ring (bicyclic) bond motifs is 1. The summed E-state index contributed by atoms with van der Waals surface area (Å²) in [6.07, 6.45) is 11.9. The van der Waals surface area contributed by atoms with Crippen LogP contribution < -0.4 is 0 Å². The third kappa shape index (κ3) is 8.60. The van der Waals surface area contributed by atoms with E-state index in [1.54, 1.807) is 22.0 Å². The number of hydrogen-bond donors (Lipinski definition) is 0. The summed E-state index contributed by atoms with van der Waals surface area (Å²) in [5.74, 6) is 0.340. The minimum Gasteiger partial charge on any atom is -0.334 e. The van der Waals surface area contributed by atoms with Gasteiger partial charge in [0, 0.05) is 44.2 Å². The highest BCUT2D eigenvalue weighted by molar-refractivity contribution is 6.25. The minimum atomic E-state index is -0.0196. The first-order valence-electron chi connectivity index (χ1n) is 13.4. The van der Waals surface area contributed by atoms with E-state index in [1.807, 2.05) is 62.1 Å². The number of nitrogens with zero attached hydrogens (tertiary/aromatic N) is 3. The van der Waals surface area contributed by atoms with Crippen LogP contribution >= 0.6 is 11.6 Å². The lowest BCUT2D eigenvalue weighted by Crippen LogP contribution is -2.45. The minimum absolute atomic E-state index is 0.00936. The molecule has 0 bridgehead atoms. The maximum atomic E-state index is 13.2. The Hall–Kier alpha value is -2.86. The molecule has 1 aromatic rings. The Bertz CT molecular complexity index is 945. The molecule has 3 aliphatic rings. The van der Waals surface area contributed by atoms with Gasteiger partial charge in [-0.15, -0.1) is 6.58 Å². The van der Waals surface area contributed by atoms with Crippen LogP contribution in [0, 0.1) is 5.92 Å². The highest BCUT2D eigenvalue weighted by Crippen LogP contribution is 2.32. The SMILES string of the molecule is C/C=C/Cl.C=CCC(=O)N1CC(=O)N(Cc2ccc(C(=O)N3CC=CC3)cc2)C2CCCCC2C1.CC. The van der Waals surface area contributed by atoms with E-state index in [0.29, 0.717) is 37.7 Å². The molecule has 2 aliphatic heterocycles. The van der Waals surface area contributed by atoms with E-state index >= 15 is 0 Å². The van der Waals surface area contributed by atoms with Crippen molar-refractivity contribution < 1.29 is 14.4 Å². The molecule has 37 heavy (non-hydrogen) atoms. The molecule has 0 radical (unpaired) electrons. The molecule has 0 spiro atoms. The zero-order valence-corrected chi connectivity index (χ0v) is 23.3. The van der Waals surface area contributed by atoms with E-state index in [0.717, 1.165) is 31.2 Å². The predicted molar refractivity (Wildman–Crippen MR) is 151 cm³/mol.